The van der Waals surface area contributed by atoms with Crippen molar-refractivity contribution in [3.8, 4) is 0 Å². The zero-order valence-electron chi connectivity index (χ0n) is 15.6. The van der Waals surface area contributed by atoms with E-state index in [1.807, 2.05) is 53.4 Å². The molecule has 150 valence electrons. The van der Waals surface area contributed by atoms with Gasteiger partial charge in [0.05, 0.1) is 18.7 Å². The average Bonchev–Trinajstić information content (AvgIpc) is 2.70. The van der Waals surface area contributed by atoms with Crippen LogP contribution < -0.4 is 0 Å². The van der Waals surface area contributed by atoms with Crippen molar-refractivity contribution in [2.24, 2.45) is 0 Å². The molecule has 0 saturated carbocycles. The zero-order valence-corrected chi connectivity index (χ0v) is 17.1. The molecule has 6 heteroatoms. The Labute approximate surface area is 175 Å². The van der Waals surface area contributed by atoms with Crippen molar-refractivity contribution in [3.63, 3.8) is 0 Å². The maximum absolute atomic E-state index is 13.0. The maximum atomic E-state index is 13.0. The minimum Gasteiger partial charge on any atom is -0.396 e. The van der Waals surface area contributed by atoms with Crippen molar-refractivity contribution in [1.82, 2.24) is 4.90 Å². The van der Waals surface area contributed by atoms with Crippen LogP contribution in [0.15, 0.2) is 48.5 Å². The Morgan fingerprint density at radius 1 is 1.04 bits per heavy atom. The van der Waals surface area contributed by atoms with Gasteiger partial charge >= 0.3 is 0 Å². The molecule has 2 unspecified atom stereocenters. The van der Waals surface area contributed by atoms with Crippen LogP contribution in [-0.2, 0) is 4.79 Å². The van der Waals surface area contributed by atoms with Crippen LogP contribution in [0.25, 0.3) is 0 Å². The quantitative estimate of drug-likeness (QED) is 0.687. The number of aliphatic hydroxyl groups excluding tert-OH is 2. The van der Waals surface area contributed by atoms with Gasteiger partial charge in [-0.25, -0.2) is 0 Å². The van der Waals surface area contributed by atoms with Crippen LogP contribution in [0.1, 0.15) is 48.8 Å². The van der Waals surface area contributed by atoms with Crippen LogP contribution in [0.4, 0.5) is 0 Å². The fraction of sp³-hybridized carbons (Fsp3) is 0.409. The largest absolute Gasteiger partial charge is 0.396 e. The number of aliphatic hydroxyl groups is 2. The number of halogens is 2. The predicted octanol–water partition coefficient (Wildman–Crippen LogP) is 4.57. The van der Waals surface area contributed by atoms with Gasteiger partial charge in [0, 0.05) is 29.0 Å². The van der Waals surface area contributed by atoms with Gasteiger partial charge in [-0.15, -0.1) is 0 Å². The van der Waals surface area contributed by atoms with E-state index in [-0.39, 0.29) is 37.1 Å². The Hall–Kier alpha value is -1.59. The molecule has 1 amide bonds. The fourth-order valence-electron chi connectivity index (χ4n) is 4.13. The molecule has 1 saturated heterocycles. The van der Waals surface area contributed by atoms with Gasteiger partial charge in [0.25, 0.3) is 0 Å². The lowest BCUT2D eigenvalue weighted by molar-refractivity contribution is -0.142. The molecule has 2 aromatic rings. The summed E-state index contributed by atoms with van der Waals surface area (Å²) in [6, 6.07) is 14.7. The van der Waals surface area contributed by atoms with Crippen LogP contribution in [0, 0.1) is 0 Å². The molecule has 0 aliphatic carbocycles. The SMILES string of the molecule is O=C1CCC(c2cccc(Cl)c2)[C@@H](c2ccc(Cl)cc2)N1C(CO)CCCO. The van der Waals surface area contributed by atoms with Crippen molar-refractivity contribution in [2.45, 2.75) is 43.7 Å². The van der Waals surface area contributed by atoms with E-state index < -0.39 is 0 Å². The van der Waals surface area contributed by atoms with Gasteiger partial charge in [-0.3, -0.25) is 4.79 Å². The first-order chi connectivity index (χ1) is 13.5. The van der Waals surface area contributed by atoms with Gasteiger partial charge in [0.15, 0.2) is 0 Å². The van der Waals surface area contributed by atoms with Crippen LogP contribution in [-0.4, -0.2) is 40.3 Å². The highest BCUT2D eigenvalue weighted by molar-refractivity contribution is 6.30. The van der Waals surface area contributed by atoms with E-state index in [2.05, 4.69) is 0 Å². The summed E-state index contributed by atoms with van der Waals surface area (Å²) in [6.45, 7) is -0.111. The molecule has 0 radical (unpaired) electrons. The molecule has 1 aliphatic rings. The van der Waals surface area contributed by atoms with Gasteiger partial charge < -0.3 is 15.1 Å². The molecule has 2 N–H and O–H groups in total. The molecular formula is C22H25Cl2NO3. The minimum absolute atomic E-state index is 0.0233. The first-order valence-electron chi connectivity index (χ1n) is 9.59. The number of carbonyl (C=O) groups excluding carboxylic acids is 1. The van der Waals surface area contributed by atoms with E-state index in [1.54, 1.807) is 0 Å². The summed E-state index contributed by atoms with van der Waals surface area (Å²) in [6.07, 6.45) is 2.20. The third kappa shape index (κ3) is 4.69. The number of piperidine rings is 1. The third-order valence-corrected chi connectivity index (χ3v) is 5.91. The second-order valence-electron chi connectivity index (χ2n) is 7.20. The molecule has 1 fully saturated rings. The van der Waals surface area contributed by atoms with Crippen molar-refractivity contribution < 1.29 is 15.0 Å². The molecule has 2 aromatic carbocycles. The lowest BCUT2D eigenvalue weighted by atomic mass is 9.79. The smallest absolute Gasteiger partial charge is 0.223 e. The van der Waals surface area contributed by atoms with E-state index in [1.165, 1.54) is 0 Å². The third-order valence-electron chi connectivity index (χ3n) is 5.43. The number of nitrogens with zero attached hydrogens (tertiary/aromatic N) is 1. The first kappa shape index (κ1) is 21.1. The number of hydrogen-bond donors (Lipinski definition) is 2. The number of hydrogen-bond acceptors (Lipinski definition) is 3. The molecular weight excluding hydrogens is 397 g/mol. The first-order valence-corrected chi connectivity index (χ1v) is 10.3. The Balaban J connectivity index is 2.06. The van der Waals surface area contributed by atoms with Gasteiger partial charge in [0.1, 0.15) is 0 Å². The number of rotatable bonds is 7. The molecule has 1 heterocycles. The standard InChI is InChI=1S/C22H25Cl2NO3/c23-17-8-6-15(7-9-17)22-20(16-3-1-4-18(24)13-16)10-11-21(28)25(22)19(14-27)5-2-12-26/h1,3-4,6-9,13,19-20,22,26-27H,2,5,10-12,14H2/t19?,20?,22-/m1/s1. The zero-order chi connectivity index (χ0) is 20.1. The summed E-state index contributed by atoms with van der Waals surface area (Å²) in [5, 5.41) is 20.5. The van der Waals surface area contributed by atoms with Crippen molar-refractivity contribution >= 4 is 29.1 Å². The van der Waals surface area contributed by atoms with Crippen LogP contribution in [0.3, 0.4) is 0 Å². The van der Waals surface area contributed by atoms with E-state index in [4.69, 9.17) is 23.2 Å². The van der Waals surface area contributed by atoms with E-state index in [0.717, 1.165) is 11.1 Å². The summed E-state index contributed by atoms with van der Waals surface area (Å²) in [7, 11) is 0. The molecule has 1 aliphatic heterocycles. The van der Waals surface area contributed by atoms with Gasteiger partial charge in [0.2, 0.25) is 5.91 Å². The van der Waals surface area contributed by atoms with Crippen molar-refractivity contribution in [3.05, 3.63) is 69.7 Å². The Bertz CT molecular complexity index is 797. The number of carbonyl (C=O) groups is 1. The lowest BCUT2D eigenvalue weighted by Gasteiger charge is -2.45. The monoisotopic (exact) mass is 421 g/mol. The van der Waals surface area contributed by atoms with E-state index in [0.29, 0.717) is 35.7 Å². The topological polar surface area (TPSA) is 60.8 Å². The van der Waals surface area contributed by atoms with Crippen molar-refractivity contribution in [2.75, 3.05) is 13.2 Å². The van der Waals surface area contributed by atoms with Gasteiger partial charge in [-0.1, -0.05) is 47.5 Å². The normalized spacial score (nSPS) is 21.0. The Morgan fingerprint density at radius 3 is 2.43 bits per heavy atom. The van der Waals surface area contributed by atoms with E-state index in [9.17, 15) is 15.0 Å². The highest BCUT2D eigenvalue weighted by atomic mass is 35.5. The molecule has 28 heavy (non-hydrogen) atoms. The molecule has 0 bridgehead atoms. The summed E-state index contributed by atoms with van der Waals surface area (Å²) in [4.78, 5) is 14.8. The second kappa shape index (κ2) is 9.75. The molecule has 3 rings (SSSR count). The summed E-state index contributed by atoms with van der Waals surface area (Å²) in [5.74, 6) is 0.0796. The van der Waals surface area contributed by atoms with E-state index >= 15 is 0 Å². The number of amides is 1. The Kier molecular flexibility index (Phi) is 7.36. The second-order valence-corrected chi connectivity index (χ2v) is 8.07. The maximum Gasteiger partial charge on any atom is 0.223 e. The van der Waals surface area contributed by atoms with Crippen LogP contribution in [0.5, 0.6) is 0 Å². The minimum atomic E-state index is -0.345. The fourth-order valence-corrected chi connectivity index (χ4v) is 4.45. The summed E-state index contributed by atoms with van der Waals surface area (Å²) >= 11 is 12.3. The number of benzene rings is 2. The van der Waals surface area contributed by atoms with Crippen LogP contribution >= 0.6 is 23.2 Å². The van der Waals surface area contributed by atoms with Gasteiger partial charge in [-0.2, -0.15) is 0 Å². The number of likely N-dealkylation sites (tertiary alicyclic amines) is 1. The molecule has 0 aromatic heterocycles. The summed E-state index contributed by atoms with van der Waals surface area (Å²) < 4.78 is 0. The van der Waals surface area contributed by atoms with Gasteiger partial charge in [-0.05, 0) is 54.7 Å². The highest BCUT2D eigenvalue weighted by Crippen LogP contribution is 2.45. The summed E-state index contributed by atoms with van der Waals surface area (Å²) in [5.41, 5.74) is 2.05. The van der Waals surface area contributed by atoms with Crippen molar-refractivity contribution in [1.29, 1.82) is 0 Å². The molecule has 4 nitrogen and oxygen atoms in total. The molecule has 3 atom stereocenters. The molecule has 0 spiro atoms. The lowest BCUT2D eigenvalue weighted by Crippen LogP contribution is -2.49. The van der Waals surface area contributed by atoms with Crippen LogP contribution in [0.2, 0.25) is 10.0 Å². The predicted molar refractivity (Wildman–Crippen MR) is 112 cm³/mol. The average molecular weight is 422 g/mol. The Morgan fingerprint density at radius 2 is 1.79 bits per heavy atom. The highest BCUT2D eigenvalue weighted by Gasteiger charge is 2.40.